The first-order valence-corrected chi connectivity index (χ1v) is 5.36. The largest absolute Gasteiger partial charge is 0.309 e. The van der Waals surface area contributed by atoms with Crippen LogP contribution in [0.15, 0.2) is 34.5 Å². The molecule has 0 bridgehead atoms. The highest BCUT2D eigenvalue weighted by molar-refractivity contribution is 9.10. The van der Waals surface area contributed by atoms with Gasteiger partial charge >= 0.3 is 0 Å². The first-order chi connectivity index (χ1) is 6.63. The van der Waals surface area contributed by atoms with E-state index in [0.717, 1.165) is 10.2 Å². The zero-order valence-corrected chi connectivity index (χ0v) is 10.3. The third-order valence-corrected chi connectivity index (χ3v) is 2.35. The summed E-state index contributed by atoms with van der Waals surface area (Å²) in [4.78, 5) is 4.35. The van der Waals surface area contributed by atoms with Crippen LogP contribution in [0.4, 0.5) is 0 Å². The van der Waals surface area contributed by atoms with E-state index in [4.69, 9.17) is 0 Å². The standard InChI is InChI=1S/C11H15BrN2/c1-8(2)6-11(13-3)10-5-4-9(12)7-14-10/h4-7,11,13H,1-3H3. The maximum absolute atomic E-state index is 4.35. The third-order valence-electron chi connectivity index (χ3n) is 1.88. The van der Waals surface area contributed by atoms with E-state index in [9.17, 15) is 0 Å². The molecule has 0 aliphatic heterocycles. The summed E-state index contributed by atoms with van der Waals surface area (Å²) >= 11 is 3.37. The number of halogens is 1. The lowest BCUT2D eigenvalue weighted by molar-refractivity contribution is 0.688. The Kier molecular flexibility index (Phi) is 4.29. The number of likely N-dealkylation sites (N-methyl/N-ethyl adjacent to an activating group) is 1. The minimum absolute atomic E-state index is 0.202. The summed E-state index contributed by atoms with van der Waals surface area (Å²) in [7, 11) is 1.94. The second-order valence-electron chi connectivity index (χ2n) is 3.41. The van der Waals surface area contributed by atoms with Gasteiger partial charge in [0, 0.05) is 10.7 Å². The van der Waals surface area contributed by atoms with Crippen LogP contribution in [0.25, 0.3) is 0 Å². The molecule has 14 heavy (non-hydrogen) atoms. The highest BCUT2D eigenvalue weighted by Gasteiger charge is 2.06. The van der Waals surface area contributed by atoms with Crippen molar-refractivity contribution in [3.63, 3.8) is 0 Å². The monoisotopic (exact) mass is 254 g/mol. The Balaban J connectivity index is 2.90. The fourth-order valence-electron chi connectivity index (χ4n) is 1.22. The molecule has 1 aromatic rings. The van der Waals surface area contributed by atoms with Crippen molar-refractivity contribution in [1.29, 1.82) is 0 Å². The summed E-state index contributed by atoms with van der Waals surface area (Å²) in [5.74, 6) is 0. The predicted molar refractivity (Wildman–Crippen MR) is 63.2 cm³/mol. The number of hydrogen-bond donors (Lipinski definition) is 1. The molecule has 1 aromatic heterocycles. The summed E-state index contributed by atoms with van der Waals surface area (Å²) in [6.45, 7) is 4.17. The molecular weight excluding hydrogens is 240 g/mol. The van der Waals surface area contributed by atoms with Crippen molar-refractivity contribution in [3.8, 4) is 0 Å². The predicted octanol–water partition coefficient (Wildman–Crippen LogP) is 3.07. The van der Waals surface area contributed by atoms with Gasteiger partial charge in [-0.15, -0.1) is 0 Å². The van der Waals surface area contributed by atoms with Crippen molar-refractivity contribution in [2.24, 2.45) is 0 Å². The Morgan fingerprint density at radius 2 is 2.21 bits per heavy atom. The molecule has 1 unspecified atom stereocenters. The van der Waals surface area contributed by atoms with Crippen LogP contribution in [0.1, 0.15) is 25.6 Å². The van der Waals surface area contributed by atoms with E-state index in [0.29, 0.717) is 0 Å². The average Bonchev–Trinajstić information content (AvgIpc) is 2.15. The Hall–Kier alpha value is -0.670. The molecule has 0 aliphatic carbocycles. The minimum Gasteiger partial charge on any atom is -0.309 e. The van der Waals surface area contributed by atoms with Gasteiger partial charge in [-0.25, -0.2) is 0 Å². The quantitative estimate of drug-likeness (QED) is 0.839. The van der Waals surface area contributed by atoms with Crippen molar-refractivity contribution in [1.82, 2.24) is 10.3 Å². The van der Waals surface area contributed by atoms with Gasteiger partial charge in [-0.2, -0.15) is 0 Å². The van der Waals surface area contributed by atoms with Crippen LogP contribution >= 0.6 is 15.9 Å². The Morgan fingerprint density at radius 3 is 2.64 bits per heavy atom. The summed E-state index contributed by atoms with van der Waals surface area (Å²) in [5.41, 5.74) is 2.32. The third kappa shape index (κ3) is 3.24. The summed E-state index contributed by atoms with van der Waals surface area (Å²) < 4.78 is 1.01. The lowest BCUT2D eigenvalue weighted by atomic mass is 10.1. The lowest BCUT2D eigenvalue weighted by Crippen LogP contribution is -2.15. The van der Waals surface area contributed by atoms with Crippen molar-refractivity contribution < 1.29 is 0 Å². The van der Waals surface area contributed by atoms with Gasteiger partial charge in [0.1, 0.15) is 0 Å². The number of nitrogens with zero attached hydrogens (tertiary/aromatic N) is 1. The minimum atomic E-state index is 0.202. The van der Waals surface area contributed by atoms with Crippen LogP contribution in [0.3, 0.4) is 0 Å². The van der Waals surface area contributed by atoms with Gasteiger partial charge in [-0.3, -0.25) is 4.98 Å². The molecule has 76 valence electrons. The van der Waals surface area contributed by atoms with E-state index in [-0.39, 0.29) is 6.04 Å². The molecule has 3 heteroatoms. The molecule has 1 rings (SSSR count). The first-order valence-electron chi connectivity index (χ1n) is 4.57. The van der Waals surface area contributed by atoms with Crippen LogP contribution in [0, 0.1) is 0 Å². The van der Waals surface area contributed by atoms with Crippen molar-refractivity contribution in [3.05, 3.63) is 40.1 Å². The summed E-state index contributed by atoms with van der Waals surface area (Å²) in [6.07, 6.45) is 3.98. The van der Waals surface area contributed by atoms with Gasteiger partial charge in [0.15, 0.2) is 0 Å². The molecule has 0 saturated heterocycles. The number of pyridine rings is 1. The van der Waals surface area contributed by atoms with Crippen LogP contribution in [-0.2, 0) is 0 Å². The number of nitrogens with one attached hydrogen (secondary N) is 1. The first kappa shape index (κ1) is 11.4. The molecular formula is C11H15BrN2. The van der Waals surface area contributed by atoms with E-state index in [1.165, 1.54) is 5.57 Å². The van der Waals surface area contributed by atoms with Crippen LogP contribution in [0.5, 0.6) is 0 Å². The van der Waals surface area contributed by atoms with Gasteiger partial charge in [-0.1, -0.05) is 11.6 Å². The molecule has 0 aliphatic rings. The summed E-state index contributed by atoms with van der Waals surface area (Å²) in [5, 5.41) is 3.21. The molecule has 2 nitrogen and oxygen atoms in total. The second kappa shape index (κ2) is 5.27. The molecule has 1 heterocycles. The Morgan fingerprint density at radius 1 is 1.50 bits per heavy atom. The average molecular weight is 255 g/mol. The SMILES string of the molecule is CNC(C=C(C)C)c1ccc(Br)cn1. The maximum Gasteiger partial charge on any atom is 0.0681 e. The Bertz CT molecular complexity index is 313. The zero-order valence-electron chi connectivity index (χ0n) is 8.71. The van der Waals surface area contributed by atoms with Gasteiger partial charge in [0.2, 0.25) is 0 Å². The van der Waals surface area contributed by atoms with E-state index in [1.807, 2.05) is 25.4 Å². The van der Waals surface area contributed by atoms with Gasteiger partial charge < -0.3 is 5.32 Å². The summed E-state index contributed by atoms with van der Waals surface area (Å²) in [6, 6.07) is 4.23. The molecule has 1 atom stereocenters. The highest BCUT2D eigenvalue weighted by atomic mass is 79.9. The maximum atomic E-state index is 4.35. The smallest absolute Gasteiger partial charge is 0.0681 e. The highest BCUT2D eigenvalue weighted by Crippen LogP contribution is 2.15. The van der Waals surface area contributed by atoms with E-state index < -0.39 is 0 Å². The van der Waals surface area contributed by atoms with Crippen LogP contribution in [0.2, 0.25) is 0 Å². The van der Waals surface area contributed by atoms with Crippen LogP contribution in [-0.4, -0.2) is 12.0 Å². The van der Waals surface area contributed by atoms with Gasteiger partial charge in [0.25, 0.3) is 0 Å². The number of rotatable bonds is 3. The Labute approximate surface area is 93.6 Å². The van der Waals surface area contributed by atoms with Gasteiger partial charge in [0.05, 0.1) is 11.7 Å². The van der Waals surface area contributed by atoms with Crippen LogP contribution < -0.4 is 5.32 Å². The fraction of sp³-hybridized carbons (Fsp3) is 0.364. The molecule has 0 fully saturated rings. The molecule has 1 N–H and O–H groups in total. The molecule has 0 aromatic carbocycles. The van der Waals surface area contributed by atoms with Gasteiger partial charge in [-0.05, 0) is 49.0 Å². The van der Waals surface area contributed by atoms with E-state index in [1.54, 1.807) is 0 Å². The van der Waals surface area contributed by atoms with Crippen molar-refractivity contribution in [2.75, 3.05) is 7.05 Å². The number of allylic oxidation sites excluding steroid dienone is 1. The van der Waals surface area contributed by atoms with Crippen molar-refractivity contribution >= 4 is 15.9 Å². The normalized spacial score (nSPS) is 12.3. The van der Waals surface area contributed by atoms with E-state index in [2.05, 4.69) is 46.2 Å². The topological polar surface area (TPSA) is 24.9 Å². The molecule has 0 saturated carbocycles. The fourth-order valence-corrected chi connectivity index (χ4v) is 1.46. The number of hydrogen-bond acceptors (Lipinski definition) is 2. The number of aromatic nitrogens is 1. The molecule has 0 amide bonds. The van der Waals surface area contributed by atoms with Crippen molar-refractivity contribution in [2.45, 2.75) is 19.9 Å². The second-order valence-corrected chi connectivity index (χ2v) is 4.33. The molecule has 0 radical (unpaired) electrons. The lowest BCUT2D eigenvalue weighted by Gasteiger charge is -2.11. The zero-order chi connectivity index (χ0) is 10.6. The van der Waals surface area contributed by atoms with E-state index >= 15 is 0 Å². The molecule has 0 spiro atoms.